The molecule has 134 heavy (non-hydrogen) atoms. The minimum Gasteiger partial charge on any atom is -0.367 e. The molecule has 7 atom stereocenters. The summed E-state index contributed by atoms with van der Waals surface area (Å²) in [6.45, 7) is 32.3. The van der Waals surface area contributed by atoms with E-state index in [0.29, 0.717) is 41.5 Å². The number of rotatable bonds is 2. The highest BCUT2D eigenvalue weighted by atomic mass is 15.2. The Balaban J connectivity index is 0.000000106. The third-order valence-corrected chi connectivity index (χ3v) is 29.8. The van der Waals surface area contributed by atoms with E-state index in [2.05, 4.69) is 459 Å². The molecule has 7 unspecified atom stereocenters. The van der Waals surface area contributed by atoms with Crippen LogP contribution in [0.4, 0.5) is 17.1 Å². The summed E-state index contributed by atoms with van der Waals surface area (Å²) in [4.78, 5) is 4.61. The first kappa shape index (κ1) is 90.3. The van der Waals surface area contributed by atoms with Crippen LogP contribution in [0.25, 0.3) is 143 Å². The lowest BCUT2D eigenvalue weighted by molar-refractivity contribution is 0.717. The molecular formula is C128H128N6. The molecule has 6 heteroatoms. The Kier molecular flexibility index (Phi) is 25.5. The normalized spacial score (nSPS) is 16.4. The Hall–Kier alpha value is -14.2. The monoisotopic (exact) mass is 1750 g/mol. The van der Waals surface area contributed by atoms with Crippen molar-refractivity contribution in [1.82, 2.24) is 18.3 Å². The Bertz CT molecular complexity index is 7850. The summed E-state index contributed by atoms with van der Waals surface area (Å²) in [5, 5.41) is 11.0. The molecule has 0 saturated carbocycles. The van der Waals surface area contributed by atoms with E-state index in [1.807, 2.05) is 67.5 Å². The summed E-state index contributed by atoms with van der Waals surface area (Å²) < 4.78 is 9.38. The fourth-order valence-corrected chi connectivity index (χ4v) is 23.6. The van der Waals surface area contributed by atoms with E-state index in [1.165, 1.54) is 221 Å². The van der Waals surface area contributed by atoms with Crippen LogP contribution >= 0.6 is 0 Å². The molecule has 20 aromatic rings. The number of hydrogen-bond donors (Lipinski definition) is 0. The molecule has 0 bridgehead atoms. The maximum Gasteiger partial charge on any atom is 0.0577 e. The van der Waals surface area contributed by atoms with E-state index in [0.717, 1.165) is 0 Å². The van der Waals surface area contributed by atoms with Crippen LogP contribution in [0.3, 0.4) is 0 Å². The summed E-state index contributed by atoms with van der Waals surface area (Å²) in [6, 6.07) is 119. The number of para-hydroxylation sites is 6. The first-order valence-electron chi connectivity index (χ1n) is 49.1. The second-order valence-electron chi connectivity index (χ2n) is 36.0. The fourth-order valence-electron chi connectivity index (χ4n) is 23.6. The smallest absolute Gasteiger partial charge is 0.0577 e. The standard InChI is InChI=1S/C23H21N.2C21H17N.C21H19N.C21H17N.C13H13N.4C2H6/c1-13-16-9-5-6-10-17(16)21-15(3)23-22(14(2)20(13)21)18-11-7-8-12-19(18)24(23)4;1-13-14-7-3-4-8-15(14)18-11-19-16-9-5-6-10-20(16)22(2)21(19)12-17(13)18;1-13-14-7-3-4-8-16(14)20-15(13)11-12-19-21(20)17-9-5-6-10-18(17)22(19)2;1-13-14-7-3-4-8-15(14)16-11-12-19-21(20(13)16)17-9-5-6-10-18(17)22(19)2;1-13-14-7-3-4-8-15(14)17-11-12-18-16-9-5-6-10-19(16)22(2)21(18)20(13)17;1-14(12-8-4-2-5-9-12)13-10-6-3-7-11-13;4*1-2/h5-13H,1-4H3;2*3-13H,1-2H3;3-13,17-18H,1-2H3;3-13H,1-2H3;2-11H,1H3;4*1-2H3. The zero-order chi connectivity index (χ0) is 93.8. The van der Waals surface area contributed by atoms with Gasteiger partial charge in [-0.2, -0.15) is 0 Å². The molecule has 0 spiro atoms. The number of aromatic nitrogens is 4. The third kappa shape index (κ3) is 14.7. The van der Waals surface area contributed by atoms with Crippen LogP contribution in [-0.4, -0.2) is 38.4 Å². The number of likely N-dealkylation sites (N-methyl/N-ethyl adjacent to an activating group) is 1. The van der Waals surface area contributed by atoms with Crippen molar-refractivity contribution >= 4 is 104 Å². The van der Waals surface area contributed by atoms with Crippen molar-refractivity contribution in [1.29, 1.82) is 0 Å². The van der Waals surface area contributed by atoms with Crippen molar-refractivity contribution in [2.75, 3.05) is 23.9 Å². The Morgan fingerprint density at radius 2 is 0.642 bits per heavy atom. The third-order valence-electron chi connectivity index (χ3n) is 29.8. The summed E-state index contributed by atoms with van der Waals surface area (Å²) in [6.07, 6.45) is 9.10. The highest BCUT2D eigenvalue weighted by Crippen LogP contribution is 2.58. The quantitative estimate of drug-likeness (QED) is 0.172. The van der Waals surface area contributed by atoms with Crippen LogP contribution in [0.1, 0.15) is 198 Å². The molecule has 670 valence electrons. The van der Waals surface area contributed by atoms with E-state index in [4.69, 9.17) is 0 Å². The summed E-state index contributed by atoms with van der Waals surface area (Å²) in [5.74, 6) is 2.88. The van der Waals surface area contributed by atoms with Crippen molar-refractivity contribution in [3.63, 3.8) is 0 Å². The predicted octanol–water partition coefficient (Wildman–Crippen LogP) is 34.9. The van der Waals surface area contributed by atoms with Crippen LogP contribution in [0, 0.1) is 13.8 Å². The van der Waals surface area contributed by atoms with Gasteiger partial charge in [-0.15, -0.1) is 0 Å². The molecule has 4 aromatic heterocycles. The molecule has 6 nitrogen and oxygen atoms in total. The van der Waals surface area contributed by atoms with Crippen LogP contribution in [0.2, 0.25) is 0 Å². The highest BCUT2D eigenvalue weighted by molar-refractivity contribution is 6.18. The fraction of sp³-hybridized carbons (Fsp3) is 0.219. The minimum absolute atomic E-state index is 0.456. The summed E-state index contributed by atoms with van der Waals surface area (Å²) in [7, 11) is 13.0. The van der Waals surface area contributed by atoms with Gasteiger partial charge in [-0.3, -0.25) is 0 Å². The Morgan fingerprint density at radius 3 is 1.22 bits per heavy atom. The van der Waals surface area contributed by atoms with Crippen LogP contribution in [-0.2, 0) is 28.2 Å². The zero-order valence-corrected chi connectivity index (χ0v) is 82.2. The van der Waals surface area contributed by atoms with Gasteiger partial charge in [0.1, 0.15) is 0 Å². The number of hydrogen-bond acceptors (Lipinski definition) is 2. The van der Waals surface area contributed by atoms with Gasteiger partial charge in [-0.25, -0.2) is 0 Å². The van der Waals surface area contributed by atoms with Crippen molar-refractivity contribution in [2.24, 2.45) is 28.2 Å². The number of allylic oxidation sites excluding steroid dienone is 2. The Labute approximate surface area is 794 Å². The van der Waals surface area contributed by atoms with Gasteiger partial charge in [0, 0.05) is 171 Å². The maximum absolute atomic E-state index is 2.44. The molecule has 0 fully saturated rings. The number of anilines is 3. The largest absolute Gasteiger partial charge is 0.367 e. The molecule has 27 rings (SSSR count). The second kappa shape index (κ2) is 37.8. The Morgan fingerprint density at radius 1 is 0.246 bits per heavy atom. The van der Waals surface area contributed by atoms with Gasteiger partial charge in [-0.1, -0.05) is 369 Å². The van der Waals surface area contributed by atoms with E-state index in [-0.39, 0.29) is 0 Å². The van der Waals surface area contributed by atoms with Gasteiger partial charge in [0.15, 0.2) is 0 Å². The molecular weight excluding hydrogens is 1620 g/mol. The molecule has 0 radical (unpaired) electrons. The van der Waals surface area contributed by atoms with Gasteiger partial charge in [0.25, 0.3) is 0 Å². The van der Waals surface area contributed by atoms with Crippen LogP contribution in [0.15, 0.2) is 352 Å². The van der Waals surface area contributed by atoms with Crippen LogP contribution in [0.5, 0.6) is 0 Å². The first-order chi connectivity index (χ1) is 65.6. The highest BCUT2D eigenvalue weighted by Gasteiger charge is 2.41. The first-order valence-corrected chi connectivity index (χ1v) is 49.1. The predicted molar refractivity (Wildman–Crippen MR) is 582 cm³/mol. The SMILES string of the molecule is CC.CC.CC.CC.CC1c2ccccc2-c2c1ccc1c2c2ccccc2n1C.CC1c2ccccc2-c2cc3c4ccccc4n(C)c3cc21.CC1c2ccccc2-c2ccc3c(c21)C1C=CC=CC1N3C.CC1c2ccccc2-c2ccc3c4ccccc4n(C)c3c21.CN(c1ccccc1)c1ccccc1.Cc1c2c(c(C)c3c1c1ccccc1n3C)-c1ccccc1C2C. The van der Waals surface area contributed by atoms with E-state index >= 15 is 0 Å². The zero-order valence-electron chi connectivity index (χ0n) is 82.2. The minimum atomic E-state index is 0.456. The molecule has 0 amide bonds. The lowest BCUT2D eigenvalue weighted by atomic mass is 9.84. The van der Waals surface area contributed by atoms with Crippen molar-refractivity contribution in [3.8, 4) is 55.6 Å². The van der Waals surface area contributed by atoms with Gasteiger partial charge in [-0.05, 0) is 215 Å². The molecule has 5 heterocycles. The molecule has 0 saturated heterocycles. The van der Waals surface area contributed by atoms with E-state index in [1.54, 1.807) is 11.1 Å². The summed E-state index contributed by atoms with van der Waals surface area (Å²) >= 11 is 0. The van der Waals surface area contributed by atoms with Gasteiger partial charge < -0.3 is 28.1 Å². The van der Waals surface area contributed by atoms with E-state index in [9.17, 15) is 0 Å². The molecule has 16 aromatic carbocycles. The number of fused-ring (bicyclic) bond motifs is 33. The molecule has 1 aliphatic heterocycles. The average Bonchev–Trinajstić information content (AvgIpc) is 1.56. The van der Waals surface area contributed by atoms with E-state index < -0.39 is 0 Å². The van der Waals surface area contributed by atoms with Crippen molar-refractivity contribution in [2.45, 2.75) is 145 Å². The van der Waals surface area contributed by atoms with Gasteiger partial charge >= 0.3 is 0 Å². The van der Waals surface area contributed by atoms with Gasteiger partial charge in [0.2, 0.25) is 0 Å². The maximum atomic E-state index is 2.44. The number of aryl methyl sites for hydroxylation is 6. The van der Waals surface area contributed by atoms with Crippen molar-refractivity contribution < 1.29 is 0 Å². The number of benzene rings is 16. The lowest BCUT2D eigenvalue weighted by Crippen LogP contribution is -2.28. The van der Waals surface area contributed by atoms with Crippen LogP contribution < -0.4 is 9.80 Å². The van der Waals surface area contributed by atoms with Gasteiger partial charge in [0.05, 0.1) is 17.1 Å². The number of nitrogens with zero attached hydrogens (tertiary/aromatic N) is 6. The molecule has 6 aliphatic carbocycles. The lowest BCUT2D eigenvalue weighted by Gasteiger charge is -2.24. The topological polar surface area (TPSA) is 26.2 Å². The van der Waals surface area contributed by atoms with Crippen molar-refractivity contribution in [3.05, 3.63) is 424 Å². The molecule has 7 aliphatic rings. The average molecular weight is 1750 g/mol. The molecule has 0 N–H and O–H groups in total. The summed E-state index contributed by atoms with van der Waals surface area (Å²) in [5.41, 5.74) is 48.0. The second-order valence-corrected chi connectivity index (χ2v) is 36.0.